The molecule has 1 atom stereocenters. The van der Waals surface area contributed by atoms with Crippen molar-refractivity contribution >= 4 is 28.8 Å². The molecule has 2 aromatic rings. The minimum Gasteiger partial charge on any atom is -0.423 e. The van der Waals surface area contributed by atoms with Crippen LogP contribution in [0.1, 0.15) is 29.2 Å². The van der Waals surface area contributed by atoms with Gasteiger partial charge in [-0.3, -0.25) is 4.79 Å². The Kier molecular flexibility index (Phi) is 4.75. The molecular weight excluding hydrogens is 326 g/mol. The second-order valence-corrected chi connectivity index (χ2v) is 6.52. The first-order chi connectivity index (χ1) is 10.6. The second-order valence-electron chi connectivity index (χ2n) is 5.09. The zero-order valence-electron chi connectivity index (χ0n) is 12.1. The Labute approximate surface area is 137 Å². The van der Waals surface area contributed by atoms with Crippen LogP contribution in [0.2, 0.25) is 5.02 Å². The highest BCUT2D eigenvalue weighted by atomic mass is 35.5. The van der Waals surface area contributed by atoms with E-state index in [1.165, 1.54) is 0 Å². The Morgan fingerprint density at radius 1 is 1.55 bits per heavy atom. The Balaban J connectivity index is 1.55. The van der Waals surface area contributed by atoms with Gasteiger partial charge >= 0.3 is 0 Å². The van der Waals surface area contributed by atoms with Gasteiger partial charge in [-0.25, -0.2) is 0 Å². The number of thiophene rings is 1. The van der Waals surface area contributed by atoms with Crippen molar-refractivity contribution in [3.8, 4) is 0 Å². The van der Waals surface area contributed by atoms with Gasteiger partial charge in [0.15, 0.2) is 6.10 Å². The number of carbonyl (C=O) groups excluding carboxylic acids is 1. The Morgan fingerprint density at radius 3 is 3.09 bits per heavy atom. The van der Waals surface area contributed by atoms with E-state index in [4.69, 9.17) is 20.8 Å². The summed E-state index contributed by atoms with van der Waals surface area (Å²) in [6, 6.07) is 1.91. The molecule has 0 saturated carbocycles. The average molecular weight is 342 g/mol. The molecule has 0 unspecified atom stereocenters. The van der Waals surface area contributed by atoms with E-state index in [2.05, 4.69) is 10.2 Å². The molecular formula is C14H16ClN3O3S. The van der Waals surface area contributed by atoms with Crippen LogP contribution >= 0.6 is 22.9 Å². The maximum atomic E-state index is 12.3. The van der Waals surface area contributed by atoms with Gasteiger partial charge in [0.25, 0.3) is 0 Å². The highest BCUT2D eigenvalue weighted by Crippen LogP contribution is 2.23. The summed E-state index contributed by atoms with van der Waals surface area (Å²) in [6.45, 7) is 3.25. The largest absolute Gasteiger partial charge is 0.423 e. The van der Waals surface area contributed by atoms with Gasteiger partial charge in [-0.05, 0) is 12.5 Å². The summed E-state index contributed by atoms with van der Waals surface area (Å²) in [5.41, 5.74) is 0. The van der Waals surface area contributed by atoms with E-state index in [1.54, 1.807) is 23.2 Å². The molecule has 0 spiro atoms. The number of hydrogen-bond acceptors (Lipinski definition) is 6. The normalized spacial score (nSPS) is 18.6. The first-order valence-electron chi connectivity index (χ1n) is 7.04. The number of ether oxygens (including phenoxy) is 1. The van der Waals surface area contributed by atoms with Crippen molar-refractivity contribution in [2.24, 2.45) is 0 Å². The molecule has 1 fully saturated rings. The fourth-order valence-corrected chi connectivity index (χ4v) is 3.42. The quantitative estimate of drug-likeness (QED) is 0.855. The first-order valence-corrected chi connectivity index (χ1v) is 8.30. The highest BCUT2D eigenvalue weighted by Gasteiger charge is 2.28. The molecule has 0 radical (unpaired) electrons. The molecule has 8 heteroatoms. The fourth-order valence-electron chi connectivity index (χ4n) is 2.34. The van der Waals surface area contributed by atoms with E-state index in [0.29, 0.717) is 44.3 Å². The van der Waals surface area contributed by atoms with Crippen LogP contribution in [0.25, 0.3) is 0 Å². The van der Waals surface area contributed by atoms with Crippen LogP contribution in [-0.4, -0.2) is 40.7 Å². The predicted octanol–water partition coefficient (Wildman–Crippen LogP) is 2.63. The molecule has 2 aromatic heterocycles. The van der Waals surface area contributed by atoms with Crippen molar-refractivity contribution in [3.05, 3.63) is 33.1 Å². The van der Waals surface area contributed by atoms with E-state index >= 15 is 0 Å². The van der Waals surface area contributed by atoms with Crippen LogP contribution in [0.4, 0.5) is 0 Å². The van der Waals surface area contributed by atoms with Crippen LogP contribution in [0.5, 0.6) is 0 Å². The third kappa shape index (κ3) is 3.66. The number of amides is 1. The smallest absolute Gasteiger partial charge is 0.246 e. The molecule has 6 nitrogen and oxygen atoms in total. The lowest BCUT2D eigenvalue weighted by Crippen LogP contribution is -2.42. The van der Waals surface area contributed by atoms with E-state index < -0.39 is 0 Å². The summed E-state index contributed by atoms with van der Waals surface area (Å²) in [4.78, 5) is 15.3. The number of nitrogens with zero attached hydrogens (tertiary/aromatic N) is 3. The van der Waals surface area contributed by atoms with Gasteiger partial charge in [0, 0.05) is 30.1 Å². The Bertz CT molecular complexity index is 657. The summed E-state index contributed by atoms with van der Waals surface area (Å²) in [5, 5.41) is 10.4. The monoisotopic (exact) mass is 341 g/mol. The summed E-state index contributed by atoms with van der Waals surface area (Å²) >= 11 is 7.47. The Morgan fingerprint density at radius 2 is 2.41 bits per heavy atom. The third-order valence-corrected chi connectivity index (χ3v) is 4.79. The van der Waals surface area contributed by atoms with Gasteiger partial charge < -0.3 is 14.1 Å². The fraction of sp³-hybridized carbons (Fsp3) is 0.500. The minimum atomic E-state index is -0.338. The maximum Gasteiger partial charge on any atom is 0.246 e. The Hall–Kier alpha value is -1.44. The standard InChI is InChI=1S/C14H16ClN3O3S/c1-9-16-17-14(21-9)12-7-18(4-5-20-12)13(19)3-2-11-6-10(15)8-22-11/h6,8,12H,2-5,7H2,1H3/t12-/m1/s1. The predicted molar refractivity (Wildman–Crippen MR) is 82.0 cm³/mol. The molecule has 0 N–H and O–H groups in total. The SMILES string of the molecule is Cc1nnc([C@H]2CN(C(=O)CCc3cc(Cl)cs3)CCO2)o1. The molecule has 118 valence electrons. The maximum absolute atomic E-state index is 12.3. The van der Waals surface area contributed by atoms with Crippen molar-refractivity contribution in [3.63, 3.8) is 0 Å². The van der Waals surface area contributed by atoms with Gasteiger partial charge in [0.1, 0.15) is 0 Å². The summed E-state index contributed by atoms with van der Waals surface area (Å²) in [6.07, 6.45) is 0.833. The molecule has 1 aliphatic rings. The van der Waals surface area contributed by atoms with Gasteiger partial charge in [0.05, 0.1) is 18.2 Å². The molecule has 3 rings (SSSR count). The van der Waals surface area contributed by atoms with E-state index in [0.717, 1.165) is 9.90 Å². The third-order valence-electron chi connectivity index (χ3n) is 3.44. The van der Waals surface area contributed by atoms with Gasteiger partial charge in [-0.1, -0.05) is 11.6 Å². The van der Waals surface area contributed by atoms with Gasteiger partial charge in [-0.2, -0.15) is 0 Å². The van der Waals surface area contributed by atoms with Crippen LogP contribution < -0.4 is 0 Å². The van der Waals surface area contributed by atoms with Gasteiger partial charge in [-0.15, -0.1) is 21.5 Å². The second kappa shape index (κ2) is 6.76. The molecule has 22 heavy (non-hydrogen) atoms. The zero-order chi connectivity index (χ0) is 15.5. The molecule has 0 aromatic carbocycles. The number of halogens is 1. The molecule has 1 saturated heterocycles. The molecule has 3 heterocycles. The van der Waals surface area contributed by atoms with Crippen LogP contribution in [0, 0.1) is 6.92 Å². The van der Waals surface area contributed by atoms with Crippen molar-refractivity contribution in [1.82, 2.24) is 15.1 Å². The van der Waals surface area contributed by atoms with Crippen LogP contribution in [0.3, 0.4) is 0 Å². The van der Waals surface area contributed by atoms with Crippen molar-refractivity contribution < 1.29 is 13.9 Å². The topological polar surface area (TPSA) is 68.5 Å². The molecule has 0 bridgehead atoms. The van der Waals surface area contributed by atoms with Crippen LogP contribution in [0.15, 0.2) is 15.9 Å². The van der Waals surface area contributed by atoms with E-state index in [1.807, 2.05) is 11.4 Å². The minimum absolute atomic E-state index is 0.106. The molecule has 1 amide bonds. The number of morpholine rings is 1. The van der Waals surface area contributed by atoms with Gasteiger partial charge in [0.2, 0.25) is 17.7 Å². The number of carbonyl (C=O) groups is 1. The number of aromatic nitrogens is 2. The lowest BCUT2D eigenvalue weighted by Gasteiger charge is -2.31. The number of hydrogen-bond donors (Lipinski definition) is 0. The highest BCUT2D eigenvalue weighted by molar-refractivity contribution is 7.10. The summed E-state index contributed by atoms with van der Waals surface area (Å²) in [7, 11) is 0. The average Bonchev–Trinajstić information content (AvgIpc) is 3.13. The number of rotatable bonds is 4. The first kappa shape index (κ1) is 15.5. The van der Waals surface area contributed by atoms with E-state index in [-0.39, 0.29) is 12.0 Å². The lowest BCUT2D eigenvalue weighted by molar-refractivity contribution is -0.139. The zero-order valence-corrected chi connectivity index (χ0v) is 13.7. The lowest BCUT2D eigenvalue weighted by atomic mass is 10.2. The van der Waals surface area contributed by atoms with Crippen LogP contribution in [-0.2, 0) is 16.0 Å². The summed E-state index contributed by atoms with van der Waals surface area (Å²) < 4.78 is 11.0. The molecule has 1 aliphatic heterocycles. The van der Waals surface area contributed by atoms with Crippen molar-refractivity contribution in [2.75, 3.05) is 19.7 Å². The summed E-state index contributed by atoms with van der Waals surface area (Å²) in [5.74, 6) is 1.03. The van der Waals surface area contributed by atoms with E-state index in [9.17, 15) is 4.79 Å². The number of aryl methyl sites for hydroxylation is 2. The van der Waals surface area contributed by atoms with Crippen molar-refractivity contribution in [2.45, 2.75) is 25.9 Å². The molecule has 0 aliphatic carbocycles. The van der Waals surface area contributed by atoms with Crippen molar-refractivity contribution in [1.29, 1.82) is 0 Å².